The van der Waals surface area contributed by atoms with Crippen LogP contribution in [0.25, 0.3) is 11.3 Å². The van der Waals surface area contributed by atoms with Gasteiger partial charge in [-0.1, -0.05) is 30.2 Å². The van der Waals surface area contributed by atoms with Crippen LogP contribution in [0.5, 0.6) is 0 Å². The van der Waals surface area contributed by atoms with Crippen LogP contribution in [0.1, 0.15) is 36.2 Å². The highest BCUT2D eigenvalue weighted by Crippen LogP contribution is 2.28. The average molecular weight is 350 g/mol. The minimum atomic E-state index is -0.263. The van der Waals surface area contributed by atoms with E-state index in [-0.39, 0.29) is 17.6 Å². The molecule has 1 N–H and O–H groups in total. The maximum Gasteiger partial charge on any atom is 0.305 e. The molecule has 0 fully saturated rings. The van der Waals surface area contributed by atoms with Crippen LogP contribution in [-0.4, -0.2) is 25.5 Å². The van der Waals surface area contributed by atoms with E-state index in [1.54, 1.807) is 18.2 Å². The molecule has 0 aliphatic carbocycles. The fraction of sp³-hybridized carbons (Fsp3) is 0.333. The molecule has 0 saturated carbocycles. The Kier molecular flexibility index (Phi) is 6.88. The summed E-state index contributed by atoms with van der Waals surface area (Å²) in [5.74, 6) is 0.339. The van der Waals surface area contributed by atoms with Crippen LogP contribution in [-0.2, 0) is 9.53 Å². The maximum absolute atomic E-state index is 12.0. The molecule has 0 bridgehead atoms. The SMILES string of the molecule is COC(=O)CCCCCNC(=O)c1ccc(-c2ccccc2Cl)o1. The predicted molar refractivity (Wildman–Crippen MR) is 92.0 cm³/mol. The molecule has 1 aromatic heterocycles. The summed E-state index contributed by atoms with van der Waals surface area (Å²) in [4.78, 5) is 23.0. The van der Waals surface area contributed by atoms with Crippen LogP contribution in [0.15, 0.2) is 40.8 Å². The van der Waals surface area contributed by atoms with Crippen molar-refractivity contribution in [2.24, 2.45) is 0 Å². The number of hydrogen-bond donors (Lipinski definition) is 1. The van der Waals surface area contributed by atoms with E-state index in [4.69, 9.17) is 16.0 Å². The molecular weight excluding hydrogens is 330 g/mol. The van der Waals surface area contributed by atoms with Gasteiger partial charge in [-0.25, -0.2) is 0 Å². The lowest BCUT2D eigenvalue weighted by Gasteiger charge is -2.03. The number of hydrogen-bond acceptors (Lipinski definition) is 4. The molecule has 24 heavy (non-hydrogen) atoms. The number of ether oxygens (including phenoxy) is 1. The first kappa shape index (κ1) is 18.1. The van der Waals surface area contributed by atoms with Crippen LogP contribution in [0, 0.1) is 0 Å². The lowest BCUT2D eigenvalue weighted by molar-refractivity contribution is -0.140. The Hall–Kier alpha value is -2.27. The number of unbranched alkanes of at least 4 members (excludes halogenated alkanes) is 2. The number of esters is 1. The molecule has 128 valence electrons. The lowest BCUT2D eigenvalue weighted by Crippen LogP contribution is -2.23. The van der Waals surface area contributed by atoms with Crippen molar-refractivity contribution < 1.29 is 18.7 Å². The second kappa shape index (κ2) is 9.13. The van der Waals surface area contributed by atoms with Gasteiger partial charge in [0.25, 0.3) is 5.91 Å². The highest BCUT2D eigenvalue weighted by molar-refractivity contribution is 6.33. The van der Waals surface area contributed by atoms with Gasteiger partial charge in [0, 0.05) is 18.5 Å². The monoisotopic (exact) mass is 349 g/mol. The summed E-state index contributed by atoms with van der Waals surface area (Å²) in [6.45, 7) is 0.530. The standard InChI is InChI=1S/C18H20ClNO4/c1-23-17(21)9-3-2-6-12-20-18(22)16-11-10-15(24-16)13-7-4-5-8-14(13)19/h4-5,7-8,10-11H,2-3,6,9,12H2,1H3,(H,20,22). The van der Waals surface area contributed by atoms with Gasteiger partial charge in [-0.2, -0.15) is 0 Å². The molecular formula is C18H20ClNO4. The van der Waals surface area contributed by atoms with E-state index in [2.05, 4.69) is 10.1 Å². The van der Waals surface area contributed by atoms with Gasteiger partial charge in [0.1, 0.15) is 5.76 Å². The number of rotatable bonds is 8. The van der Waals surface area contributed by atoms with Gasteiger partial charge in [0.15, 0.2) is 5.76 Å². The van der Waals surface area contributed by atoms with Gasteiger partial charge in [-0.05, 0) is 37.1 Å². The number of halogens is 1. The zero-order valence-corrected chi connectivity index (χ0v) is 14.3. The van der Waals surface area contributed by atoms with Crippen molar-refractivity contribution in [2.45, 2.75) is 25.7 Å². The normalized spacial score (nSPS) is 10.4. The first-order valence-corrected chi connectivity index (χ1v) is 8.19. The number of carbonyl (C=O) groups excluding carboxylic acids is 2. The van der Waals surface area contributed by atoms with E-state index < -0.39 is 0 Å². The third kappa shape index (κ3) is 5.13. The third-order valence-corrected chi connectivity index (χ3v) is 3.87. The molecule has 0 unspecified atom stereocenters. The van der Waals surface area contributed by atoms with Crippen LogP contribution in [0.4, 0.5) is 0 Å². The molecule has 0 radical (unpaired) electrons. The van der Waals surface area contributed by atoms with Crippen molar-refractivity contribution in [3.05, 3.63) is 47.2 Å². The minimum absolute atomic E-state index is 0.207. The fourth-order valence-electron chi connectivity index (χ4n) is 2.23. The van der Waals surface area contributed by atoms with Crippen molar-refractivity contribution in [3.63, 3.8) is 0 Å². The Balaban J connectivity index is 1.78. The van der Waals surface area contributed by atoms with Crippen molar-refractivity contribution in [1.82, 2.24) is 5.32 Å². The van der Waals surface area contributed by atoms with Gasteiger partial charge >= 0.3 is 5.97 Å². The molecule has 6 heteroatoms. The van der Waals surface area contributed by atoms with E-state index in [9.17, 15) is 9.59 Å². The molecule has 0 atom stereocenters. The largest absolute Gasteiger partial charge is 0.469 e. The lowest BCUT2D eigenvalue weighted by atomic mass is 10.2. The molecule has 1 heterocycles. The Morgan fingerprint density at radius 3 is 2.67 bits per heavy atom. The maximum atomic E-state index is 12.0. The number of benzene rings is 1. The van der Waals surface area contributed by atoms with E-state index in [1.807, 2.05) is 18.2 Å². The van der Waals surface area contributed by atoms with Crippen molar-refractivity contribution >= 4 is 23.5 Å². The van der Waals surface area contributed by atoms with E-state index in [1.165, 1.54) is 7.11 Å². The second-order valence-corrected chi connectivity index (χ2v) is 5.69. The van der Waals surface area contributed by atoms with E-state index in [0.29, 0.717) is 23.7 Å². The Bertz CT molecular complexity index is 696. The number of furan rings is 1. The molecule has 1 aromatic carbocycles. The number of methoxy groups -OCH3 is 1. The van der Waals surface area contributed by atoms with Crippen LogP contribution in [0.3, 0.4) is 0 Å². The molecule has 2 rings (SSSR count). The Morgan fingerprint density at radius 1 is 1.12 bits per heavy atom. The summed E-state index contributed by atoms with van der Waals surface area (Å²) in [6, 6.07) is 10.7. The first-order valence-electron chi connectivity index (χ1n) is 7.81. The quantitative estimate of drug-likeness (QED) is 0.576. The van der Waals surface area contributed by atoms with Crippen molar-refractivity contribution in [1.29, 1.82) is 0 Å². The molecule has 0 aliphatic heterocycles. The number of nitrogens with one attached hydrogen (secondary N) is 1. The smallest absolute Gasteiger partial charge is 0.305 e. The van der Waals surface area contributed by atoms with Crippen molar-refractivity contribution in [2.75, 3.05) is 13.7 Å². The van der Waals surface area contributed by atoms with Gasteiger partial charge < -0.3 is 14.5 Å². The second-order valence-electron chi connectivity index (χ2n) is 5.29. The molecule has 0 saturated heterocycles. The average Bonchev–Trinajstić information content (AvgIpc) is 3.07. The summed E-state index contributed by atoms with van der Waals surface area (Å²) >= 11 is 6.12. The van der Waals surface area contributed by atoms with Gasteiger partial charge in [-0.15, -0.1) is 0 Å². The summed E-state index contributed by atoms with van der Waals surface area (Å²) in [5.41, 5.74) is 0.751. The Labute approximate surface area is 145 Å². The summed E-state index contributed by atoms with van der Waals surface area (Å²) in [6.07, 6.45) is 2.79. The third-order valence-electron chi connectivity index (χ3n) is 3.54. The summed E-state index contributed by atoms with van der Waals surface area (Å²) in [5, 5.41) is 3.37. The molecule has 2 aromatic rings. The van der Waals surface area contributed by atoms with Gasteiger partial charge in [0.05, 0.1) is 12.1 Å². The van der Waals surface area contributed by atoms with Gasteiger partial charge in [0.2, 0.25) is 0 Å². The van der Waals surface area contributed by atoms with Crippen molar-refractivity contribution in [3.8, 4) is 11.3 Å². The minimum Gasteiger partial charge on any atom is -0.469 e. The number of amides is 1. The van der Waals surface area contributed by atoms with Crippen LogP contribution >= 0.6 is 11.6 Å². The topological polar surface area (TPSA) is 68.5 Å². The zero-order valence-electron chi connectivity index (χ0n) is 13.5. The Morgan fingerprint density at radius 2 is 1.92 bits per heavy atom. The van der Waals surface area contributed by atoms with Crippen LogP contribution < -0.4 is 5.32 Å². The molecule has 1 amide bonds. The van der Waals surface area contributed by atoms with E-state index in [0.717, 1.165) is 24.8 Å². The molecule has 5 nitrogen and oxygen atoms in total. The highest BCUT2D eigenvalue weighted by atomic mass is 35.5. The van der Waals surface area contributed by atoms with Gasteiger partial charge in [-0.3, -0.25) is 9.59 Å². The van der Waals surface area contributed by atoms with E-state index >= 15 is 0 Å². The molecule has 0 aliphatic rings. The van der Waals surface area contributed by atoms with Crippen LogP contribution in [0.2, 0.25) is 5.02 Å². The summed E-state index contributed by atoms with van der Waals surface area (Å²) in [7, 11) is 1.38. The fourth-order valence-corrected chi connectivity index (χ4v) is 2.46. The highest BCUT2D eigenvalue weighted by Gasteiger charge is 2.13. The number of carbonyl (C=O) groups is 2. The summed E-state index contributed by atoms with van der Waals surface area (Å²) < 4.78 is 10.1. The zero-order chi connectivity index (χ0) is 17.4. The first-order chi connectivity index (χ1) is 11.6. The molecule has 0 spiro atoms. The predicted octanol–water partition coefficient (Wildman–Crippen LogP) is 4.06.